The molecule has 20 heavy (non-hydrogen) atoms. The molecule has 0 spiro atoms. The zero-order valence-electron chi connectivity index (χ0n) is 10.8. The zero-order valence-corrected chi connectivity index (χ0v) is 13.2. The highest BCUT2D eigenvalue weighted by atomic mass is 35.5. The van der Waals surface area contributed by atoms with Crippen molar-refractivity contribution in [3.05, 3.63) is 24.3 Å². The minimum absolute atomic E-state index is 0.00505. The molecule has 0 amide bonds. The predicted molar refractivity (Wildman–Crippen MR) is 84.4 cm³/mol. The molecule has 1 fully saturated rings. The topological polar surface area (TPSA) is 67.4 Å². The van der Waals surface area contributed by atoms with E-state index in [-0.39, 0.29) is 17.5 Å². The Bertz CT molecular complexity index is 606. The first-order valence-corrected chi connectivity index (χ1v) is 8.63. The summed E-state index contributed by atoms with van der Waals surface area (Å²) in [5.41, 5.74) is 0.708. The summed E-state index contributed by atoms with van der Waals surface area (Å²) < 4.78 is 28.2. The average Bonchev–Trinajstić information content (AvgIpc) is 2.62. The van der Waals surface area contributed by atoms with Gasteiger partial charge in [-0.25, -0.2) is 8.42 Å². The van der Waals surface area contributed by atoms with Crippen molar-refractivity contribution >= 4 is 44.5 Å². The number of anilines is 1. The number of hydrogen-bond acceptors (Lipinski definition) is 4. The highest BCUT2D eigenvalue weighted by Crippen LogP contribution is 2.23. The molecule has 1 aromatic rings. The maximum atomic E-state index is 11.5. The molecule has 2 rings (SSSR count). The van der Waals surface area contributed by atoms with E-state index in [2.05, 4.69) is 10.6 Å². The monoisotopic (exact) mass is 334 g/mol. The van der Waals surface area contributed by atoms with Gasteiger partial charge in [-0.1, -0.05) is 12.1 Å². The molecule has 2 N–H and O–H groups in total. The molecule has 2 atom stereocenters. The number of ether oxygens (including phenoxy) is 1. The van der Waals surface area contributed by atoms with Crippen LogP contribution in [0.4, 0.5) is 5.69 Å². The number of sulfone groups is 1. The Morgan fingerprint density at radius 3 is 2.70 bits per heavy atom. The van der Waals surface area contributed by atoms with Gasteiger partial charge in [0.25, 0.3) is 0 Å². The van der Waals surface area contributed by atoms with Crippen LogP contribution in [0.1, 0.15) is 0 Å². The first-order chi connectivity index (χ1) is 9.41. The number of para-hydroxylation sites is 2. The molecular weight excluding hydrogens is 320 g/mol. The molecule has 8 heteroatoms. The lowest BCUT2D eigenvalue weighted by Crippen LogP contribution is -2.42. The number of nitrogens with one attached hydrogen (secondary N) is 2. The number of alkyl halides is 1. The van der Waals surface area contributed by atoms with Gasteiger partial charge in [-0.05, 0) is 24.4 Å². The van der Waals surface area contributed by atoms with Gasteiger partial charge in [0.1, 0.15) is 5.75 Å². The van der Waals surface area contributed by atoms with Crippen molar-refractivity contribution in [1.29, 1.82) is 0 Å². The fourth-order valence-corrected chi connectivity index (χ4v) is 4.82. The number of rotatable bonds is 3. The molecule has 0 aromatic heterocycles. The van der Waals surface area contributed by atoms with E-state index in [1.54, 1.807) is 13.2 Å². The minimum Gasteiger partial charge on any atom is -0.495 e. The third-order valence-corrected chi connectivity index (χ3v) is 5.55. The second-order valence-corrected chi connectivity index (χ2v) is 7.62. The Labute approximate surface area is 128 Å². The number of thiocarbonyl (C=S) groups is 1. The van der Waals surface area contributed by atoms with Crippen molar-refractivity contribution < 1.29 is 13.2 Å². The van der Waals surface area contributed by atoms with Crippen molar-refractivity contribution in [3.63, 3.8) is 0 Å². The van der Waals surface area contributed by atoms with Crippen molar-refractivity contribution in [2.45, 2.75) is 11.4 Å². The fourth-order valence-electron chi connectivity index (χ4n) is 2.01. The summed E-state index contributed by atoms with van der Waals surface area (Å²) in [6.07, 6.45) is 0. The molecule has 1 saturated heterocycles. The Kier molecular flexibility index (Phi) is 4.72. The van der Waals surface area contributed by atoms with Gasteiger partial charge in [-0.3, -0.25) is 0 Å². The second-order valence-electron chi connectivity index (χ2n) is 4.50. The molecule has 110 valence electrons. The van der Waals surface area contributed by atoms with Crippen LogP contribution in [0.2, 0.25) is 0 Å². The summed E-state index contributed by atoms with van der Waals surface area (Å²) in [5, 5.41) is 5.76. The van der Waals surface area contributed by atoms with Gasteiger partial charge in [0.15, 0.2) is 14.9 Å². The molecule has 1 heterocycles. The Balaban J connectivity index is 2.00. The molecule has 0 radical (unpaired) electrons. The predicted octanol–water partition coefficient (Wildman–Crippen LogP) is 1.39. The third-order valence-electron chi connectivity index (χ3n) is 2.95. The number of halogens is 1. The third kappa shape index (κ3) is 3.74. The normalized spacial score (nSPS) is 24.1. The van der Waals surface area contributed by atoms with Gasteiger partial charge < -0.3 is 15.4 Å². The summed E-state index contributed by atoms with van der Waals surface area (Å²) >= 11 is 11.2. The van der Waals surface area contributed by atoms with Crippen LogP contribution >= 0.6 is 23.8 Å². The number of benzene rings is 1. The molecule has 1 aromatic carbocycles. The molecule has 0 aliphatic carbocycles. The van der Waals surface area contributed by atoms with E-state index in [0.717, 1.165) is 0 Å². The average molecular weight is 335 g/mol. The van der Waals surface area contributed by atoms with Crippen LogP contribution in [0, 0.1) is 0 Å². The lowest BCUT2D eigenvalue weighted by atomic mass is 10.2. The Morgan fingerprint density at radius 2 is 2.10 bits per heavy atom. The van der Waals surface area contributed by atoms with Gasteiger partial charge >= 0.3 is 0 Å². The van der Waals surface area contributed by atoms with Crippen LogP contribution in [0.25, 0.3) is 0 Å². The van der Waals surface area contributed by atoms with Crippen molar-refractivity contribution in [2.24, 2.45) is 0 Å². The highest BCUT2D eigenvalue weighted by molar-refractivity contribution is 7.91. The van der Waals surface area contributed by atoms with Crippen molar-refractivity contribution in [3.8, 4) is 5.75 Å². The summed E-state index contributed by atoms with van der Waals surface area (Å²) in [6.45, 7) is 0. The van der Waals surface area contributed by atoms with E-state index >= 15 is 0 Å². The van der Waals surface area contributed by atoms with E-state index in [9.17, 15) is 8.42 Å². The van der Waals surface area contributed by atoms with Gasteiger partial charge in [0, 0.05) is 0 Å². The van der Waals surface area contributed by atoms with Gasteiger partial charge in [-0.2, -0.15) is 0 Å². The first-order valence-electron chi connectivity index (χ1n) is 5.96. The van der Waals surface area contributed by atoms with Crippen LogP contribution < -0.4 is 15.4 Å². The van der Waals surface area contributed by atoms with Gasteiger partial charge in [-0.15, -0.1) is 11.6 Å². The standard InChI is InChI=1S/C12H15ClN2O3S2/c1-18-11-5-3-2-4-9(11)14-12(19)15-10-7-20(16,17)6-8(10)13/h2-5,8,10H,6-7H2,1H3,(H2,14,15,19). The Hall–Kier alpha value is -1.05. The quantitative estimate of drug-likeness (QED) is 0.643. The highest BCUT2D eigenvalue weighted by Gasteiger charge is 2.36. The summed E-state index contributed by atoms with van der Waals surface area (Å²) in [6, 6.07) is 6.93. The van der Waals surface area contributed by atoms with E-state index in [0.29, 0.717) is 16.5 Å². The van der Waals surface area contributed by atoms with Gasteiger partial charge in [0.05, 0.1) is 35.7 Å². The lowest BCUT2D eigenvalue weighted by molar-refractivity contribution is 0.417. The van der Waals surface area contributed by atoms with Crippen LogP contribution in [-0.2, 0) is 9.84 Å². The molecule has 5 nitrogen and oxygen atoms in total. The van der Waals surface area contributed by atoms with E-state index < -0.39 is 15.2 Å². The largest absolute Gasteiger partial charge is 0.495 e. The smallest absolute Gasteiger partial charge is 0.171 e. The Morgan fingerprint density at radius 1 is 1.40 bits per heavy atom. The van der Waals surface area contributed by atoms with E-state index in [4.69, 9.17) is 28.6 Å². The second kappa shape index (κ2) is 6.15. The number of hydrogen-bond donors (Lipinski definition) is 2. The summed E-state index contributed by atoms with van der Waals surface area (Å²) in [7, 11) is -1.52. The summed E-state index contributed by atoms with van der Waals surface area (Å²) in [4.78, 5) is 0. The first kappa shape index (κ1) is 15.3. The molecular formula is C12H15ClN2O3S2. The van der Waals surface area contributed by atoms with Crippen LogP contribution in [0.5, 0.6) is 5.75 Å². The molecule has 2 unspecified atom stereocenters. The van der Waals surface area contributed by atoms with Crippen LogP contribution in [0.3, 0.4) is 0 Å². The summed E-state index contributed by atoms with van der Waals surface area (Å²) in [5.74, 6) is 0.622. The maximum absolute atomic E-state index is 11.5. The maximum Gasteiger partial charge on any atom is 0.171 e. The van der Waals surface area contributed by atoms with Crippen LogP contribution in [-0.4, -0.2) is 43.6 Å². The van der Waals surface area contributed by atoms with Crippen molar-refractivity contribution in [1.82, 2.24) is 5.32 Å². The number of methoxy groups -OCH3 is 1. The van der Waals surface area contributed by atoms with Gasteiger partial charge in [0.2, 0.25) is 0 Å². The molecule has 0 saturated carbocycles. The van der Waals surface area contributed by atoms with E-state index in [1.807, 2.05) is 18.2 Å². The molecule has 1 aliphatic rings. The fraction of sp³-hybridized carbons (Fsp3) is 0.417. The minimum atomic E-state index is -3.08. The van der Waals surface area contributed by atoms with Crippen LogP contribution in [0.15, 0.2) is 24.3 Å². The SMILES string of the molecule is COc1ccccc1NC(=S)NC1CS(=O)(=O)CC1Cl. The van der Waals surface area contributed by atoms with E-state index in [1.165, 1.54) is 0 Å². The molecule has 0 bridgehead atoms. The lowest BCUT2D eigenvalue weighted by Gasteiger charge is -2.18. The zero-order chi connectivity index (χ0) is 14.8. The van der Waals surface area contributed by atoms with Crippen molar-refractivity contribution in [2.75, 3.05) is 23.9 Å². The molecule has 1 aliphatic heterocycles.